The van der Waals surface area contributed by atoms with E-state index in [9.17, 15) is 0 Å². The lowest BCUT2D eigenvalue weighted by Crippen LogP contribution is -2.06. The van der Waals surface area contributed by atoms with Crippen LogP contribution in [0.3, 0.4) is 0 Å². The van der Waals surface area contributed by atoms with E-state index < -0.39 is 0 Å². The first-order chi connectivity index (χ1) is 8.79. The van der Waals surface area contributed by atoms with Crippen molar-refractivity contribution in [3.05, 3.63) is 47.5 Å². The summed E-state index contributed by atoms with van der Waals surface area (Å²) in [7, 11) is 0. The molecule has 1 heterocycles. The average Bonchev–Trinajstić information content (AvgIpc) is 2.83. The predicted molar refractivity (Wildman–Crippen MR) is 68.2 cm³/mol. The number of ether oxygens (including phenoxy) is 1. The number of halogens is 1. The van der Waals surface area contributed by atoms with E-state index >= 15 is 0 Å². The molecule has 18 heavy (non-hydrogen) atoms. The minimum Gasteiger partial charge on any atom is -0.486 e. The highest BCUT2D eigenvalue weighted by Gasteiger charge is 2.03. The summed E-state index contributed by atoms with van der Waals surface area (Å²) < 4.78 is 7.52. The molecule has 0 aliphatic carbocycles. The number of aromatic nitrogens is 2. The van der Waals surface area contributed by atoms with Crippen molar-refractivity contribution in [1.29, 1.82) is 5.26 Å². The second-order valence-electron chi connectivity index (χ2n) is 3.69. The maximum Gasteiger partial charge on any atom is 0.146 e. The minimum absolute atomic E-state index is 0.375. The van der Waals surface area contributed by atoms with Crippen LogP contribution in [-0.2, 0) is 13.2 Å². The van der Waals surface area contributed by atoms with Gasteiger partial charge in [-0.2, -0.15) is 5.26 Å². The fourth-order valence-electron chi connectivity index (χ4n) is 1.53. The Morgan fingerprint density at radius 1 is 1.33 bits per heavy atom. The van der Waals surface area contributed by atoms with Crippen molar-refractivity contribution in [2.75, 3.05) is 0 Å². The van der Waals surface area contributed by atoms with E-state index in [1.807, 2.05) is 22.9 Å². The van der Waals surface area contributed by atoms with Crippen LogP contribution in [-0.4, -0.2) is 9.55 Å². The summed E-state index contributed by atoms with van der Waals surface area (Å²) in [4.78, 5) is 4.20. The van der Waals surface area contributed by atoms with Crippen molar-refractivity contribution in [2.45, 2.75) is 19.6 Å². The largest absolute Gasteiger partial charge is 0.486 e. The lowest BCUT2D eigenvalue weighted by atomic mass is 10.3. The van der Waals surface area contributed by atoms with Gasteiger partial charge in [0.15, 0.2) is 0 Å². The highest BCUT2D eigenvalue weighted by molar-refractivity contribution is 6.30. The van der Waals surface area contributed by atoms with E-state index in [1.165, 1.54) is 0 Å². The van der Waals surface area contributed by atoms with Gasteiger partial charge in [0.2, 0.25) is 0 Å². The highest BCUT2D eigenvalue weighted by atomic mass is 35.5. The smallest absolute Gasteiger partial charge is 0.146 e. The van der Waals surface area contributed by atoms with Crippen LogP contribution < -0.4 is 4.74 Å². The second kappa shape index (κ2) is 6.08. The molecule has 0 saturated heterocycles. The van der Waals surface area contributed by atoms with Gasteiger partial charge < -0.3 is 9.30 Å². The molecule has 0 N–H and O–H groups in total. The van der Waals surface area contributed by atoms with Crippen molar-refractivity contribution in [3.63, 3.8) is 0 Å². The SMILES string of the molecule is N#CCCn1ccnc1COc1ccc(Cl)cc1. The highest BCUT2D eigenvalue weighted by Crippen LogP contribution is 2.16. The molecule has 0 unspecified atom stereocenters. The van der Waals surface area contributed by atoms with Gasteiger partial charge in [-0.05, 0) is 24.3 Å². The zero-order chi connectivity index (χ0) is 12.8. The quantitative estimate of drug-likeness (QED) is 0.831. The van der Waals surface area contributed by atoms with E-state index in [0.717, 1.165) is 11.6 Å². The first-order valence-corrected chi connectivity index (χ1v) is 5.92. The molecule has 5 heteroatoms. The van der Waals surface area contributed by atoms with Crippen LogP contribution in [0.1, 0.15) is 12.2 Å². The molecule has 2 rings (SSSR count). The number of hydrogen-bond acceptors (Lipinski definition) is 3. The molecule has 1 aromatic carbocycles. The molecular weight excluding hydrogens is 250 g/mol. The van der Waals surface area contributed by atoms with E-state index in [0.29, 0.717) is 24.6 Å². The fraction of sp³-hybridized carbons (Fsp3) is 0.231. The van der Waals surface area contributed by atoms with Crippen LogP contribution >= 0.6 is 11.6 Å². The lowest BCUT2D eigenvalue weighted by Gasteiger charge is -2.08. The average molecular weight is 262 g/mol. The van der Waals surface area contributed by atoms with Gasteiger partial charge in [-0.15, -0.1) is 0 Å². The van der Waals surface area contributed by atoms with Gasteiger partial charge >= 0.3 is 0 Å². The van der Waals surface area contributed by atoms with Gasteiger partial charge in [0.25, 0.3) is 0 Å². The lowest BCUT2D eigenvalue weighted by molar-refractivity contribution is 0.289. The Morgan fingerprint density at radius 2 is 2.11 bits per heavy atom. The predicted octanol–water partition coefficient (Wildman–Crippen LogP) is 3.03. The summed E-state index contributed by atoms with van der Waals surface area (Å²) in [6.45, 7) is 1.01. The molecule has 0 atom stereocenters. The van der Waals surface area contributed by atoms with Crippen molar-refractivity contribution in [1.82, 2.24) is 9.55 Å². The molecular formula is C13H12ClN3O. The number of aryl methyl sites for hydroxylation is 1. The molecule has 0 radical (unpaired) electrons. The van der Waals surface area contributed by atoms with E-state index in [2.05, 4.69) is 11.1 Å². The summed E-state index contributed by atoms with van der Waals surface area (Å²) in [5.41, 5.74) is 0. The van der Waals surface area contributed by atoms with Crippen molar-refractivity contribution in [3.8, 4) is 11.8 Å². The normalized spacial score (nSPS) is 10.0. The number of nitriles is 1. The second-order valence-corrected chi connectivity index (χ2v) is 4.12. The Hall–Kier alpha value is -1.99. The molecule has 0 amide bonds. The summed E-state index contributed by atoms with van der Waals surface area (Å²) in [6.07, 6.45) is 4.01. The van der Waals surface area contributed by atoms with Crippen LogP contribution in [0.5, 0.6) is 5.75 Å². The number of hydrogen-bond donors (Lipinski definition) is 0. The van der Waals surface area contributed by atoms with Gasteiger partial charge in [-0.1, -0.05) is 11.6 Å². The third-order valence-corrected chi connectivity index (χ3v) is 2.70. The van der Waals surface area contributed by atoms with Crippen LogP contribution in [0.25, 0.3) is 0 Å². The van der Waals surface area contributed by atoms with Crippen molar-refractivity contribution < 1.29 is 4.74 Å². The van der Waals surface area contributed by atoms with Crippen LogP contribution in [0.2, 0.25) is 5.02 Å². The van der Waals surface area contributed by atoms with Crippen molar-refractivity contribution in [2.24, 2.45) is 0 Å². The zero-order valence-corrected chi connectivity index (χ0v) is 10.5. The van der Waals surface area contributed by atoms with Gasteiger partial charge in [-0.3, -0.25) is 0 Å². The van der Waals surface area contributed by atoms with Gasteiger partial charge in [0, 0.05) is 24.0 Å². The van der Waals surface area contributed by atoms with E-state index in [-0.39, 0.29) is 0 Å². The maximum atomic E-state index is 8.56. The molecule has 92 valence electrons. The Balaban J connectivity index is 1.96. The fourth-order valence-corrected chi connectivity index (χ4v) is 1.66. The number of nitrogens with zero attached hydrogens (tertiary/aromatic N) is 3. The molecule has 0 fully saturated rings. The monoisotopic (exact) mass is 261 g/mol. The topological polar surface area (TPSA) is 50.8 Å². The maximum absolute atomic E-state index is 8.56. The molecule has 0 spiro atoms. The Morgan fingerprint density at radius 3 is 2.83 bits per heavy atom. The molecule has 0 saturated carbocycles. The minimum atomic E-state index is 0.375. The van der Waals surface area contributed by atoms with E-state index in [1.54, 1.807) is 18.3 Å². The first kappa shape index (κ1) is 12.5. The van der Waals surface area contributed by atoms with Crippen LogP contribution in [0.15, 0.2) is 36.7 Å². The zero-order valence-electron chi connectivity index (χ0n) is 9.71. The van der Waals surface area contributed by atoms with Gasteiger partial charge in [-0.25, -0.2) is 4.98 Å². The third-order valence-electron chi connectivity index (χ3n) is 2.45. The Kier molecular flexibility index (Phi) is 4.21. The molecule has 0 aliphatic heterocycles. The Bertz CT molecular complexity index is 542. The van der Waals surface area contributed by atoms with Gasteiger partial charge in [0.05, 0.1) is 12.5 Å². The molecule has 2 aromatic rings. The summed E-state index contributed by atoms with van der Waals surface area (Å²) in [5.74, 6) is 1.55. The van der Waals surface area contributed by atoms with Crippen molar-refractivity contribution >= 4 is 11.6 Å². The summed E-state index contributed by atoms with van der Waals surface area (Å²) >= 11 is 5.79. The number of rotatable bonds is 5. The van der Waals surface area contributed by atoms with Crippen LogP contribution in [0.4, 0.5) is 0 Å². The molecule has 0 bridgehead atoms. The summed E-state index contributed by atoms with van der Waals surface area (Å²) in [5, 5.41) is 9.24. The number of benzene rings is 1. The van der Waals surface area contributed by atoms with Crippen LogP contribution in [0, 0.1) is 11.3 Å². The molecule has 1 aromatic heterocycles. The van der Waals surface area contributed by atoms with Gasteiger partial charge in [0.1, 0.15) is 18.2 Å². The standard InChI is InChI=1S/C13H12ClN3O/c14-11-2-4-12(5-3-11)18-10-13-16-7-9-17(13)8-1-6-15/h2-5,7,9H,1,8,10H2. The van der Waals surface area contributed by atoms with E-state index in [4.69, 9.17) is 21.6 Å². The first-order valence-electron chi connectivity index (χ1n) is 5.55. The Labute approximate surface area is 110 Å². The summed E-state index contributed by atoms with van der Waals surface area (Å²) in [6, 6.07) is 9.28. The third kappa shape index (κ3) is 3.25. The molecule has 0 aliphatic rings. The number of imidazole rings is 1. The molecule has 4 nitrogen and oxygen atoms in total.